The Kier molecular flexibility index (Phi) is 39.9. The first-order chi connectivity index (χ1) is 32.4. The van der Waals surface area contributed by atoms with Crippen LogP contribution in [0.5, 0.6) is 0 Å². The highest BCUT2D eigenvalue weighted by Gasteiger charge is 2.28. The molecule has 0 N–H and O–H groups in total. The topological polar surface area (TPSA) is 40.6 Å². The molecule has 0 aliphatic rings. The van der Waals surface area contributed by atoms with Gasteiger partial charge in [0, 0.05) is 23.8 Å². The molecule has 2 heterocycles. The zero-order valence-electron chi connectivity index (χ0n) is 43.7. The molecule has 0 saturated carbocycles. The predicted molar refractivity (Wildman–Crippen MR) is 300 cm³/mol. The summed E-state index contributed by atoms with van der Waals surface area (Å²) in [5, 5.41) is 4.35. The van der Waals surface area contributed by atoms with Crippen molar-refractivity contribution in [3.63, 3.8) is 0 Å². The minimum atomic E-state index is -0.0193. The van der Waals surface area contributed by atoms with Gasteiger partial charge in [0.05, 0.1) is 20.8 Å². The zero-order chi connectivity index (χ0) is 47.7. The Morgan fingerprint density at radius 1 is 0.379 bits per heavy atom. The van der Waals surface area contributed by atoms with Crippen molar-refractivity contribution >= 4 is 78.5 Å². The fourth-order valence-electron chi connectivity index (χ4n) is 10.1. The molecule has 4 nitrogen and oxygen atoms in total. The average molecular weight is 997 g/mol. The van der Waals surface area contributed by atoms with E-state index in [1.54, 1.807) is 22.7 Å². The maximum absolute atomic E-state index is 13.8. The highest BCUT2D eigenvalue weighted by molar-refractivity contribution is 7.28. The molecule has 0 radical (unpaired) electrons. The first kappa shape index (κ1) is 61.3. The van der Waals surface area contributed by atoms with Gasteiger partial charge in [-0.05, 0) is 37.5 Å². The van der Waals surface area contributed by atoms with Crippen LogP contribution in [0, 0.1) is 11.8 Å². The lowest BCUT2D eigenvalue weighted by Gasteiger charge is -2.27. The lowest BCUT2D eigenvalue weighted by atomic mass is 9.93. The zero-order valence-corrected chi connectivity index (χ0v) is 46.9. The quantitative estimate of drug-likeness (QED) is 0.0490. The third-order valence-electron chi connectivity index (χ3n) is 14.4. The largest absolute Gasteiger partial charge is 0.309 e. The van der Waals surface area contributed by atoms with Crippen molar-refractivity contribution in [3.05, 3.63) is 10.8 Å². The molecule has 2 rings (SSSR count). The number of amides is 2. The number of anilines is 2. The Bertz CT molecular complexity index is 1310. The fourth-order valence-corrected chi connectivity index (χ4v) is 12.8. The van der Waals surface area contributed by atoms with Crippen LogP contribution in [0.3, 0.4) is 0 Å². The Morgan fingerprint density at radius 2 is 0.591 bits per heavy atom. The van der Waals surface area contributed by atoms with E-state index < -0.39 is 0 Å². The Morgan fingerprint density at radius 3 is 0.803 bits per heavy atom. The third-order valence-corrected chi connectivity index (χ3v) is 17.0. The molecule has 0 spiro atoms. The summed E-state index contributed by atoms with van der Waals surface area (Å²) in [4.78, 5) is 31.7. The number of thiophene rings is 2. The van der Waals surface area contributed by atoms with Gasteiger partial charge in [-0.15, -0.1) is 45.9 Å². The number of unbranched alkanes of at least 4 members (excludes halogenated alkanes) is 32. The molecule has 2 unspecified atom stereocenters. The standard InChI is InChI=1S/C58H104Cl2N2O2S2/c1-5-9-13-17-21-25-27-31-35-39-43-51(41-37-33-29-23-19-15-11-7-3)47-61(55(63)45-59)53-49-65-58-54(50-66-57(53)58)62(56(64)46-60)48-52(42-38-34-30-24-20-16-12-8-4)44-40-36-32-28-26-22-18-14-10-6-2/h49-52H,5-48H2,1-4H3. The summed E-state index contributed by atoms with van der Waals surface area (Å²) >= 11 is 16.2. The van der Waals surface area contributed by atoms with Gasteiger partial charge < -0.3 is 9.80 Å². The Labute approximate surface area is 427 Å². The molecule has 2 amide bonds. The summed E-state index contributed by atoms with van der Waals surface area (Å²) in [7, 11) is 0. The minimum absolute atomic E-state index is 0.00840. The predicted octanol–water partition coefficient (Wildman–Crippen LogP) is 21.0. The summed E-state index contributed by atoms with van der Waals surface area (Å²) in [6.07, 6.45) is 52.6. The molecule has 0 bridgehead atoms. The molecule has 0 saturated heterocycles. The number of hydrogen-bond acceptors (Lipinski definition) is 4. The highest BCUT2D eigenvalue weighted by atomic mass is 35.5. The summed E-state index contributed by atoms with van der Waals surface area (Å²) < 4.78 is 2.22. The van der Waals surface area contributed by atoms with Crippen molar-refractivity contribution in [2.45, 2.75) is 285 Å². The molecule has 2 aromatic rings. The number of fused-ring (bicyclic) bond motifs is 1. The van der Waals surface area contributed by atoms with Gasteiger partial charge in [0.2, 0.25) is 11.8 Å². The monoisotopic (exact) mass is 995 g/mol. The van der Waals surface area contributed by atoms with E-state index in [2.05, 4.69) is 38.5 Å². The maximum Gasteiger partial charge on any atom is 0.241 e. The SMILES string of the molecule is CCCCCCCCCCCCC(CCCCCCCCCC)CN(C(=O)CCl)c1csc2c(N(CC(CCCCCCCCCC)CCCCCCCCCCCC)C(=O)CCl)csc12. The van der Waals surface area contributed by atoms with E-state index in [9.17, 15) is 9.59 Å². The van der Waals surface area contributed by atoms with E-state index in [1.165, 1.54) is 257 Å². The molecular weight excluding hydrogens is 892 g/mol. The van der Waals surface area contributed by atoms with E-state index in [4.69, 9.17) is 23.2 Å². The average Bonchev–Trinajstić information content (AvgIpc) is 3.94. The fraction of sp³-hybridized carbons (Fsp3) is 0.862. The van der Waals surface area contributed by atoms with Gasteiger partial charge in [-0.2, -0.15) is 0 Å². The maximum atomic E-state index is 13.8. The van der Waals surface area contributed by atoms with E-state index in [1.807, 2.05) is 9.80 Å². The van der Waals surface area contributed by atoms with Crippen LogP contribution >= 0.6 is 45.9 Å². The van der Waals surface area contributed by atoms with Gasteiger partial charge in [0.25, 0.3) is 0 Å². The van der Waals surface area contributed by atoms with Crippen LogP contribution in [0.25, 0.3) is 9.40 Å². The van der Waals surface area contributed by atoms with Crippen molar-refractivity contribution < 1.29 is 9.59 Å². The van der Waals surface area contributed by atoms with Crippen molar-refractivity contribution in [1.82, 2.24) is 0 Å². The number of carbonyl (C=O) groups is 2. The van der Waals surface area contributed by atoms with Crippen molar-refractivity contribution in [3.8, 4) is 0 Å². The number of alkyl halides is 2. The highest BCUT2D eigenvalue weighted by Crippen LogP contribution is 2.45. The summed E-state index contributed by atoms with van der Waals surface area (Å²) in [5.41, 5.74) is 1.97. The summed E-state index contributed by atoms with van der Waals surface area (Å²) in [6.45, 7) is 10.6. The summed E-state index contributed by atoms with van der Waals surface area (Å²) in [6, 6.07) is 0. The van der Waals surface area contributed by atoms with Gasteiger partial charge in [-0.1, -0.05) is 259 Å². The van der Waals surface area contributed by atoms with E-state index >= 15 is 0 Å². The lowest BCUT2D eigenvalue weighted by Crippen LogP contribution is -2.36. The third kappa shape index (κ3) is 28.1. The van der Waals surface area contributed by atoms with Gasteiger partial charge in [0.15, 0.2) is 0 Å². The number of carbonyl (C=O) groups excluding carboxylic acids is 2. The molecule has 8 heteroatoms. The van der Waals surface area contributed by atoms with E-state index in [0.29, 0.717) is 11.8 Å². The molecule has 2 aromatic heterocycles. The molecule has 0 fully saturated rings. The molecule has 0 aromatic carbocycles. The van der Waals surface area contributed by atoms with Crippen LogP contribution < -0.4 is 9.80 Å². The normalized spacial score (nSPS) is 12.6. The van der Waals surface area contributed by atoms with Gasteiger partial charge >= 0.3 is 0 Å². The number of halogens is 2. The Hall–Kier alpha value is -0.820. The number of rotatable bonds is 48. The van der Waals surface area contributed by atoms with Crippen LogP contribution in [0.15, 0.2) is 10.8 Å². The van der Waals surface area contributed by atoms with Crippen LogP contribution in [0.2, 0.25) is 0 Å². The van der Waals surface area contributed by atoms with Crippen LogP contribution in [-0.4, -0.2) is 36.7 Å². The van der Waals surface area contributed by atoms with Gasteiger partial charge in [-0.25, -0.2) is 0 Å². The number of hydrogen-bond donors (Lipinski definition) is 0. The van der Waals surface area contributed by atoms with Crippen molar-refractivity contribution in [2.24, 2.45) is 11.8 Å². The minimum Gasteiger partial charge on any atom is -0.309 e. The molecule has 0 aliphatic carbocycles. The van der Waals surface area contributed by atoms with Gasteiger partial charge in [0.1, 0.15) is 11.8 Å². The summed E-state index contributed by atoms with van der Waals surface area (Å²) in [5.74, 6) is 0.857. The van der Waals surface area contributed by atoms with Crippen molar-refractivity contribution in [2.75, 3.05) is 34.6 Å². The second kappa shape index (κ2) is 43.0. The van der Waals surface area contributed by atoms with Gasteiger partial charge in [-0.3, -0.25) is 9.59 Å². The van der Waals surface area contributed by atoms with Crippen molar-refractivity contribution in [1.29, 1.82) is 0 Å². The first-order valence-corrected chi connectivity index (χ1v) is 31.5. The molecule has 2 atom stereocenters. The Balaban J connectivity index is 2.20. The first-order valence-electron chi connectivity index (χ1n) is 28.7. The van der Waals surface area contributed by atoms with Crippen LogP contribution in [0.4, 0.5) is 11.4 Å². The lowest BCUT2D eigenvalue weighted by molar-refractivity contribution is -0.117. The molecule has 384 valence electrons. The van der Waals surface area contributed by atoms with Crippen LogP contribution in [0.1, 0.15) is 285 Å². The number of nitrogens with zero attached hydrogens (tertiary/aromatic N) is 2. The smallest absolute Gasteiger partial charge is 0.241 e. The molecule has 0 aliphatic heterocycles. The second-order valence-electron chi connectivity index (χ2n) is 20.4. The molecule has 66 heavy (non-hydrogen) atoms. The molecular formula is C58H104Cl2N2O2S2. The second-order valence-corrected chi connectivity index (χ2v) is 22.7. The van der Waals surface area contributed by atoms with E-state index in [0.717, 1.165) is 33.9 Å². The van der Waals surface area contributed by atoms with E-state index in [-0.39, 0.29) is 23.6 Å². The van der Waals surface area contributed by atoms with Crippen LogP contribution in [-0.2, 0) is 9.59 Å².